The van der Waals surface area contributed by atoms with E-state index in [1.165, 1.54) is 10.6 Å². The van der Waals surface area contributed by atoms with Gasteiger partial charge in [-0.3, -0.25) is 0 Å². The summed E-state index contributed by atoms with van der Waals surface area (Å²) in [5.74, 6) is 3.78. The second-order valence-corrected chi connectivity index (χ2v) is 9.88. The van der Waals surface area contributed by atoms with Gasteiger partial charge in [-0.2, -0.15) is 0 Å². The Bertz CT molecular complexity index is 815. The summed E-state index contributed by atoms with van der Waals surface area (Å²) in [6, 6.07) is 8.83. The van der Waals surface area contributed by atoms with Gasteiger partial charge in [0.25, 0.3) is 0 Å². The van der Waals surface area contributed by atoms with Crippen LogP contribution in [0.4, 0.5) is 0 Å². The van der Waals surface area contributed by atoms with E-state index in [-0.39, 0.29) is 0 Å². The number of rotatable bonds is 7. The lowest BCUT2D eigenvalue weighted by molar-refractivity contribution is -0.106. The summed E-state index contributed by atoms with van der Waals surface area (Å²) in [7, 11) is 2.52. The summed E-state index contributed by atoms with van der Waals surface area (Å²) in [5.41, 5.74) is 5.55. The smallest absolute Gasteiger partial charge is 0.128 e. The summed E-state index contributed by atoms with van der Waals surface area (Å²) in [5, 5.41) is 2.45. The van der Waals surface area contributed by atoms with E-state index in [1.54, 1.807) is 14.2 Å². The molecule has 0 spiro atoms. The first-order chi connectivity index (χ1) is 14.4. The van der Waals surface area contributed by atoms with Crippen LogP contribution in [-0.2, 0) is 4.79 Å². The van der Waals surface area contributed by atoms with Crippen molar-refractivity contribution in [3.05, 3.63) is 76.9 Å². The van der Waals surface area contributed by atoms with Gasteiger partial charge in [-0.15, -0.1) is 0 Å². The second kappa shape index (κ2) is 9.52. The van der Waals surface area contributed by atoms with E-state index < -0.39 is 7.92 Å². The number of hydrogen-bond acceptors (Lipinski definition) is 3. The summed E-state index contributed by atoms with van der Waals surface area (Å²) < 4.78 is 11.2. The zero-order valence-electron chi connectivity index (χ0n) is 18.9. The lowest BCUT2D eigenvalue weighted by Crippen LogP contribution is -2.22. The average molecular weight is 421 g/mol. The molecule has 0 N–H and O–H groups in total. The Kier molecular flexibility index (Phi) is 7.24. The first-order valence-electron chi connectivity index (χ1n) is 10.2. The average Bonchev–Trinajstić information content (AvgIpc) is 3.10. The van der Waals surface area contributed by atoms with Gasteiger partial charge in [-0.1, -0.05) is 6.92 Å². The first kappa shape index (κ1) is 22.8. The van der Waals surface area contributed by atoms with Gasteiger partial charge in [0, 0.05) is 5.66 Å². The zero-order valence-corrected chi connectivity index (χ0v) is 19.8. The molecule has 1 fully saturated rings. The van der Waals surface area contributed by atoms with Crippen molar-refractivity contribution in [2.45, 2.75) is 41.0 Å². The topological polar surface area (TPSA) is 35.5 Å². The Balaban J connectivity index is 2.19. The molecular weight excluding hydrogens is 391 g/mol. The molecule has 0 aliphatic heterocycles. The normalized spacial score (nSPS) is 15.7. The fraction of sp³-hybridized carbons (Fsp3) is 0.308. The molecule has 3 nitrogen and oxygen atoms in total. The lowest BCUT2D eigenvalue weighted by atomic mass is 9.95. The summed E-state index contributed by atoms with van der Waals surface area (Å²) in [4.78, 5) is 12.1. The van der Waals surface area contributed by atoms with Gasteiger partial charge in [0.1, 0.15) is 17.8 Å². The minimum Gasteiger partial charge on any atom is -0.496 e. The minimum atomic E-state index is -0.899. The van der Waals surface area contributed by atoms with Crippen LogP contribution in [0.2, 0.25) is 0 Å². The van der Waals surface area contributed by atoms with Crippen molar-refractivity contribution in [1.82, 2.24) is 0 Å². The van der Waals surface area contributed by atoms with Crippen molar-refractivity contribution in [2.24, 2.45) is 0 Å². The molecule has 0 aromatic heterocycles. The van der Waals surface area contributed by atoms with Gasteiger partial charge < -0.3 is 14.3 Å². The first-order valence-corrected chi connectivity index (χ1v) is 11.5. The van der Waals surface area contributed by atoms with Gasteiger partial charge >= 0.3 is 0 Å². The fourth-order valence-electron chi connectivity index (χ4n) is 4.35. The zero-order chi connectivity index (χ0) is 22.0. The monoisotopic (exact) mass is 421 g/mol. The van der Waals surface area contributed by atoms with E-state index in [4.69, 9.17) is 9.47 Å². The van der Waals surface area contributed by atoms with E-state index in [0.29, 0.717) is 0 Å². The molecule has 5 radical (unpaired) electrons. The summed E-state index contributed by atoms with van der Waals surface area (Å²) in [6.07, 6.45) is 6.10. The molecule has 1 aliphatic rings. The van der Waals surface area contributed by atoms with E-state index >= 15 is 0 Å². The van der Waals surface area contributed by atoms with Gasteiger partial charge in [0.2, 0.25) is 0 Å². The minimum absolute atomic E-state index is 0.834. The van der Waals surface area contributed by atoms with Crippen molar-refractivity contribution in [2.75, 3.05) is 14.2 Å². The van der Waals surface area contributed by atoms with Crippen LogP contribution in [0.25, 0.3) is 0 Å². The third-order valence-corrected chi connectivity index (χ3v) is 8.04. The van der Waals surface area contributed by atoms with Crippen molar-refractivity contribution >= 4 is 24.8 Å². The number of carbonyl (C=O) groups is 1. The molecule has 2 aromatic rings. The number of aryl methyl sites for hydroxylation is 4. The molecule has 2 aromatic carbocycles. The van der Waals surface area contributed by atoms with E-state index in [0.717, 1.165) is 64.0 Å². The quantitative estimate of drug-likeness (QED) is 0.462. The van der Waals surface area contributed by atoms with Crippen molar-refractivity contribution in [1.29, 1.82) is 0 Å². The van der Waals surface area contributed by atoms with Crippen LogP contribution < -0.4 is 20.1 Å². The largest absolute Gasteiger partial charge is 0.496 e. The standard InChI is InChI=1S/C26H30O3P/c1-8-20-9-10-24(23(20)15-27)30(21-11-16(2)25(28-6)17(3)12-21)22-13-18(4)26(29-7)19(5)14-22/h9-15H,8H2,1-7H3. The molecule has 0 unspecified atom stereocenters. The highest BCUT2D eigenvalue weighted by Crippen LogP contribution is 2.59. The van der Waals surface area contributed by atoms with Crippen molar-refractivity contribution in [3.8, 4) is 11.5 Å². The number of methoxy groups -OCH3 is 2. The highest BCUT2D eigenvalue weighted by Gasteiger charge is 2.42. The Morgan fingerprint density at radius 2 is 1.23 bits per heavy atom. The molecule has 0 heterocycles. The van der Waals surface area contributed by atoms with Crippen molar-refractivity contribution in [3.63, 3.8) is 0 Å². The van der Waals surface area contributed by atoms with Gasteiger partial charge in [0.15, 0.2) is 0 Å². The lowest BCUT2D eigenvalue weighted by Gasteiger charge is -2.30. The molecule has 4 heteroatoms. The molecule has 0 amide bonds. The van der Waals surface area contributed by atoms with Gasteiger partial charge in [0.05, 0.1) is 20.1 Å². The molecule has 157 valence electrons. The van der Waals surface area contributed by atoms with Crippen LogP contribution >= 0.6 is 7.92 Å². The van der Waals surface area contributed by atoms with Crippen LogP contribution in [0.5, 0.6) is 11.5 Å². The molecule has 0 atom stereocenters. The van der Waals surface area contributed by atoms with Crippen LogP contribution in [0.1, 0.15) is 35.6 Å². The Morgan fingerprint density at radius 1 is 0.800 bits per heavy atom. The molecule has 1 aliphatic carbocycles. The van der Waals surface area contributed by atoms with E-state index in [9.17, 15) is 4.79 Å². The highest BCUT2D eigenvalue weighted by atomic mass is 31.1. The van der Waals surface area contributed by atoms with Crippen molar-refractivity contribution < 1.29 is 14.3 Å². The molecule has 0 saturated heterocycles. The number of ether oxygens (including phenoxy) is 2. The molecular formula is C26H30O3P. The predicted octanol–water partition coefficient (Wildman–Crippen LogP) is 5.08. The van der Waals surface area contributed by atoms with E-state index in [2.05, 4.69) is 71.7 Å². The van der Waals surface area contributed by atoms with E-state index in [1.807, 2.05) is 0 Å². The highest BCUT2D eigenvalue weighted by molar-refractivity contribution is 7.76. The maximum absolute atomic E-state index is 12.1. The van der Waals surface area contributed by atoms with Gasteiger partial charge in [-0.25, -0.2) is 0 Å². The molecule has 1 saturated carbocycles. The maximum atomic E-state index is 12.1. The fourth-order valence-corrected chi connectivity index (χ4v) is 7.15. The molecule has 3 rings (SSSR count). The number of carbonyl (C=O) groups excluding carboxylic acids is 1. The second-order valence-electron chi connectivity index (χ2n) is 7.69. The SMILES string of the molecule is CC[C]1[CH][CH][C](P(c2cc(C)c(OC)c(C)c2)c2cc(C)c(OC)c(C)c2)[C]1C=O. The molecule has 30 heavy (non-hydrogen) atoms. The van der Waals surface area contributed by atoms with Crippen LogP contribution in [0, 0.1) is 58.0 Å². The van der Waals surface area contributed by atoms with Crippen LogP contribution in [-0.4, -0.2) is 20.5 Å². The number of aldehydes is 1. The Hall–Kier alpha value is -1.86. The summed E-state index contributed by atoms with van der Waals surface area (Å²) in [6.45, 7) is 10.4. The van der Waals surface area contributed by atoms with Crippen LogP contribution in [0.3, 0.4) is 0 Å². The van der Waals surface area contributed by atoms with Gasteiger partial charge in [-0.05, 0) is 118 Å². The Labute approximate surface area is 182 Å². The number of benzene rings is 2. The third-order valence-electron chi connectivity index (χ3n) is 5.62. The predicted molar refractivity (Wildman–Crippen MR) is 126 cm³/mol. The van der Waals surface area contributed by atoms with Crippen LogP contribution in [0.15, 0.2) is 24.3 Å². The third kappa shape index (κ3) is 4.14. The Morgan fingerprint density at radius 3 is 1.57 bits per heavy atom. The molecule has 0 bridgehead atoms. The maximum Gasteiger partial charge on any atom is 0.128 e. The number of hydrogen-bond donors (Lipinski definition) is 0. The summed E-state index contributed by atoms with van der Waals surface area (Å²) >= 11 is 0.